The van der Waals surface area contributed by atoms with Gasteiger partial charge in [-0.1, -0.05) is 0 Å². The Balaban J connectivity index is 0.00000208. The van der Waals surface area contributed by atoms with Crippen molar-refractivity contribution in [3.8, 4) is 5.75 Å². The second-order valence-corrected chi connectivity index (χ2v) is 7.82. The predicted octanol–water partition coefficient (Wildman–Crippen LogP) is 1.54. The molecule has 3 rings (SSSR count). The molecule has 10 heteroatoms. The number of nitrogens with one attached hydrogen (secondary N) is 1. The molecule has 24 heavy (non-hydrogen) atoms. The first-order chi connectivity index (χ1) is 10.9. The summed E-state index contributed by atoms with van der Waals surface area (Å²) in [6.07, 6.45) is 2.79. The first-order valence-corrected chi connectivity index (χ1v) is 8.94. The van der Waals surface area contributed by atoms with E-state index in [1.54, 1.807) is 0 Å². The molecule has 2 bridgehead atoms. The van der Waals surface area contributed by atoms with Gasteiger partial charge in [0.1, 0.15) is 0 Å². The summed E-state index contributed by atoms with van der Waals surface area (Å²) in [5.41, 5.74) is -0.344. The third kappa shape index (κ3) is 3.49. The number of benzene rings is 1. The minimum atomic E-state index is -3.76. The highest BCUT2D eigenvalue weighted by molar-refractivity contribution is 7.89. The normalized spacial score (nSPS) is 24.0. The molecule has 2 fully saturated rings. The third-order valence-electron chi connectivity index (χ3n) is 4.47. The molecule has 1 N–H and O–H groups in total. The fourth-order valence-corrected chi connectivity index (χ4v) is 4.77. The van der Waals surface area contributed by atoms with Crippen LogP contribution in [0.3, 0.4) is 0 Å². The van der Waals surface area contributed by atoms with Gasteiger partial charge in [0.2, 0.25) is 10.0 Å². The number of fused-ring (bicyclic) bond motifs is 2. The van der Waals surface area contributed by atoms with Crippen LogP contribution in [0.5, 0.6) is 5.75 Å². The van der Waals surface area contributed by atoms with Gasteiger partial charge in [-0.05, 0) is 31.4 Å². The van der Waals surface area contributed by atoms with E-state index in [-0.39, 0.29) is 34.8 Å². The Kier molecular flexibility index (Phi) is 5.69. The van der Waals surface area contributed by atoms with Crippen LogP contribution in [0.15, 0.2) is 23.1 Å². The summed E-state index contributed by atoms with van der Waals surface area (Å²) in [5.74, 6) is 0.0468. The molecule has 1 aromatic rings. The summed E-state index contributed by atoms with van der Waals surface area (Å²) in [5, 5.41) is 14.5. The van der Waals surface area contributed by atoms with Crippen molar-refractivity contribution < 1.29 is 18.1 Å². The fraction of sp³-hybridized carbons (Fsp3) is 0.571. The lowest BCUT2D eigenvalue weighted by molar-refractivity contribution is -0.386. The van der Waals surface area contributed by atoms with Crippen LogP contribution in [0, 0.1) is 10.1 Å². The molecular weight excluding hydrogens is 358 g/mol. The van der Waals surface area contributed by atoms with Crippen molar-refractivity contribution in [2.75, 3.05) is 20.2 Å². The van der Waals surface area contributed by atoms with E-state index in [9.17, 15) is 18.5 Å². The molecule has 0 radical (unpaired) electrons. The highest BCUT2D eigenvalue weighted by Crippen LogP contribution is 2.31. The number of hydrogen-bond donors (Lipinski definition) is 1. The highest BCUT2D eigenvalue weighted by Gasteiger charge is 2.35. The van der Waals surface area contributed by atoms with E-state index < -0.39 is 14.9 Å². The van der Waals surface area contributed by atoms with E-state index in [0.717, 1.165) is 25.3 Å². The molecule has 0 saturated carbocycles. The van der Waals surface area contributed by atoms with Crippen molar-refractivity contribution in [3.63, 3.8) is 0 Å². The molecule has 2 atom stereocenters. The van der Waals surface area contributed by atoms with Gasteiger partial charge in [0.25, 0.3) is 0 Å². The third-order valence-corrected chi connectivity index (χ3v) is 6.33. The van der Waals surface area contributed by atoms with Crippen LogP contribution in [-0.2, 0) is 10.0 Å². The van der Waals surface area contributed by atoms with E-state index in [1.807, 2.05) is 0 Å². The van der Waals surface area contributed by atoms with Crippen LogP contribution in [0.25, 0.3) is 0 Å². The number of nitrogens with zero attached hydrogens (tertiary/aromatic N) is 2. The maximum atomic E-state index is 12.8. The maximum absolute atomic E-state index is 12.8. The number of nitro benzene ring substituents is 1. The van der Waals surface area contributed by atoms with Crippen LogP contribution in [0.1, 0.15) is 19.3 Å². The second-order valence-electron chi connectivity index (χ2n) is 5.88. The summed E-state index contributed by atoms with van der Waals surface area (Å²) in [6.45, 7) is 0.828. The Hall–Kier alpha value is -1.42. The van der Waals surface area contributed by atoms with E-state index >= 15 is 0 Å². The quantitative estimate of drug-likeness (QED) is 0.630. The SMILES string of the molecule is COc1ccc(S(=O)(=O)N2CCC3CCC(C2)N3)cc1[N+](=O)[O-].Cl. The molecule has 0 spiro atoms. The maximum Gasteiger partial charge on any atom is 0.312 e. The molecule has 2 aliphatic heterocycles. The average molecular weight is 378 g/mol. The topological polar surface area (TPSA) is 102 Å². The molecular formula is C14H20ClN3O5S. The lowest BCUT2D eigenvalue weighted by Gasteiger charge is -2.23. The van der Waals surface area contributed by atoms with Crippen LogP contribution < -0.4 is 10.1 Å². The number of methoxy groups -OCH3 is 1. The number of rotatable bonds is 4. The van der Waals surface area contributed by atoms with Crippen molar-refractivity contribution in [1.82, 2.24) is 9.62 Å². The van der Waals surface area contributed by atoms with E-state index in [4.69, 9.17) is 4.74 Å². The van der Waals surface area contributed by atoms with Crippen LogP contribution in [0.4, 0.5) is 5.69 Å². The Morgan fingerprint density at radius 3 is 2.67 bits per heavy atom. The molecule has 0 aromatic heterocycles. The van der Waals surface area contributed by atoms with Gasteiger partial charge >= 0.3 is 5.69 Å². The van der Waals surface area contributed by atoms with Gasteiger partial charge in [0.05, 0.1) is 16.9 Å². The number of hydrogen-bond acceptors (Lipinski definition) is 6. The van der Waals surface area contributed by atoms with Crippen LogP contribution >= 0.6 is 12.4 Å². The minimum absolute atomic E-state index is 0. The Morgan fingerprint density at radius 1 is 1.29 bits per heavy atom. The van der Waals surface area contributed by atoms with Gasteiger partial charge < -0.3 is 10.1 Å². The van der Waals surface area contributed by atoms with Crippen LogP contribution in [0.2, 0.25) is 0 Å². The second kappa shape index (κ2) is 7.22. The first-order valence-electron chi connectivity index (χ1n) is 7.50. The van der Waals surface area contributed by atoms with Crippen molar-refractivity contribution in [3.05, 3.63) is 28.3 Å². The zero-order chi connectivity index (χ0) is 16.6. The molecule has 8 nitrogen and oxygen atoms in total. The number of nitro groups is 1. The number of sulfonamides is 1. The van der Waals surface area contributed by atoms with E-state index in [1.165, 1.54) is 23.5 Å². The Labute approximate surface area is 146 Å². The zero-order valence-corrected chi connectivity index (χ0v) is 14.8. The van der Waals surface area contributed by atoms with Gasteiger partial charge in [0, 0.05) is 31.2 Å². The van der Waals surface area contributed by atoms with Gasteiger partial charge in [-0.25, -0.2) is 8.42 Å². The molecule has 0 amide bonds. The summed E-state index contributed by atoms with van der Waals surface area (Å²) >= 11 is 0. The number of halogens is 1. The molecule has 2 saturated heterocycles. The predicted molar refractivity (Wildman–Crippen MR) is 90.2 cm³/mol. The highest BCUT2D eigenvalue weighted by atomic mass is 35.5. The summed E-state index contributed by atoms with van der Waals surface area (Å²) < 4.78 is 32.0. The van der Waals surface area contributed by atoms with Crippen molar-refractivity contribution in [1.29, 1.82) is 0 Å². The largest absolute Gasteiger partial charge is 0.490 e. The standard InChI is InChI=1S/C14H19N3O5S.ClH/c1-22-14-5-4-12(8-13(14)17(18)19)23(20,21)16-7-6-10-2-3-11(9-16)15-10;/h4-5,8,10-11,15H,2-3,6-7,9H2,1H3;1H. The zero-order valence-electron chi connectivity index (χ0n) is 13.2. The fourth-order valence-electron chi connectivity index (χ4n) is 3.25. The average Bonchev–Trinajstić information content (AvgIpc) is 2.84. The summed E-state index contributed by atoms with van der Waals surface area (Å²) in [7, 11) is -2.44. The molecule has 0 aliphatic carbocycles. The van der Waals surface area contributed by atoms with Gasteiger partial charge in [-0.15, -0.1) is 12.4 Å². The van der Waals surface area contributed by atoms with Crippen molar-refractivity contribution >= 4 is 28.1 Å². The van der Waals surface area contributed by atoms with Gasteiger partial charge in [-0.2, -0.15) is 4.31 Å². The monoisotopic (exact) mass is 377 g/mol. The Morgan fingerprint density at radius 2 is 2.00 bits per heavy atom. The minimum Gasteiger partial charge on any atom is -0.490 e. The summed E-state index contributed by atoms with van der Waals surface area (Å²) in [4.78, 5) is 10.4. The number of ether oxygens (including phenoxy) is 1. The lowest BCUT2D eigenvalue weighted by Crippen LogP contribution is -2.39. The van der Waals surface area contributed by atoms with E-state index in [2.05, 4.69) is 5.32 Å². The molecule has 2 unspecified atom stereocenters. The first kappa shape index (κ1) is 18.9. The van der Waals surface area contributed by atoms with E-state index in [0.29, 0.717) is 19.1 Å². The molecule has 1 aromatic carbocycles. The van der Waals surface area contributed by atoms with Crippen molar-refractivity contribution in [2.45, 2.75) is 36.2 Å². The van der Waals surface area contributed by atoms with Crippen molar-refractivity contribution in [2.24, 2.45) is 0 Å². The smallest absolute Gasteiger partial charge is 0.312 e. The van der Waals surface area contributed by atoms with Gasteiger partial charge in [-0.3, -0.25) is 10.1 Å². The summed E-state index contributed by atoms with van der Waals surface area (Å²) in [6, 6.07) is 4.28. The lowest BCUT2D eigenvalue weighted by atomic mass is 10.1. The molecule has 2 aliphatic rings. The molecule has 2 heterocycles. The van der Waals surface area contributed by atoms with Gasteiger partial charge in [0.15, 0.2) is 5.75 Å². The van der Waals surface area contributed by atoms with Crippen LogP contribution in [-0.4, -0.2) is 49.9 Å². The molecule has 134 valence electrons. The Bertz CT molecular complexity index is 727.